The predicted octanol–water partition coefficient (Wildman–Crippen LogP) is 2.46. The molecule has 82 valence electrons. The van der Waals surface area contributed by atoms with Crippen molar-refractivity contribution < 1.29 is 9.53 Å². The Labute approximate surface area is 91.5 Å². The van der Waals surface area contributed by atoms with Crippen LogP contribution >= 0.6 is 0 Å². The molecule has 0 radical (unpaired) electrons. The largest absolute Gasteiger partial charge is 0.461 e. The molecule has 0 unspecified atom stereocenters. The first kappa shape index (κ1) is 11.9. The van der Waals surface area contributed by atoms with Crippen LogP contribution in [0.4, 0.5) is 0 Å². The fourth-order valence-corrected chi connectivity index (χ4v) is 2.09. The highest BCUT2D eigenvalue weighted by molar-refractivity contribution is 6.78. The molecule has 0 atom stereocenters. The first-order valence-corrected chi connectivity index (χ1v) is 8.73. The van der Waals surface area contributed by atoms with E-state index in [-0.39, 0.29) is 5.97 Å². The van der Waals surface area contributed by atoms with Gasteiger partial charge in [-0.15, -0.1) is 0 Å². The molecule has 0 aliphatic rings. The van der Waals surface area contributed by atoms with Gasteiger partial charge in [0.1, 0.15) is 6.61 Å². The average Bonchev–Trinajstić information content (AvgIpc) is 2.14. The fraction of sp³-hybridized carbons (Fsp3) is 0.455. The van der Waals surface area contributed by atoms with Crippen LogP contribution in [0.2, 0.25) is 25.7 Å². The first-order valence-electron chi connectivity index (χ1n) is 5.02. The molecule has 0 saturated heterocycles. The molecule has 0 fully saturated rings. The molecule has 0 aliphatic carbocycles. The number of nitrogens with zero attached hydrogens (tertiary/aromatic N) is 1. The lowest BCUT2D eigenvalue weighted by molar-refractivity contribution is -0.142. The van der Waals surface area contributed by atoms with Crippen molar-refractivity contribution in [2.45, 2.75) is 32.3 Å². The summed E-state index contributed by atoms with van der Waals surface area (Å²) < 4.78 is 5.17. The molecule has 4 heteroatoms. The van der Waals surface area contributed by atoms with Crippen molar-refractivity contribution in [1.82, 2.24) is 4.98 Å². The molecular weight excluding hydrogens is 206 g/mol. The predicted molar refractivity (Wildman–Crippen MR) is 62.2 cm³/mol. The summed E-state index contributed by atoms with van der Waals surface area (Å²) in [6.45, 7) is 6.81. The summed E-state index contributed by atoms with van der Waals surface area (Å²) >= 11 is 0. The zero-order chi connectivity index (χ0) is 11.3. The Hall–Kier alpha value is -1.16. The molecule has 0 amide bonds. The summed E-state index contributed by atoms with van der Waals surface area (Å²) in [5, 5.41) is 0. The number of carbonyl (C=O) groups excluding carboxylic acids is 1. The molecule has 3 nitrogen and oxygen atoms in total. The normalized spacial score (nSPS) is 11.1. The molecule has 1 aromatic heterocycles. The second kappa shape index (κ2) is 5.07. The quantitative estimate of drug-likeness (QED) is 0.581. The highest BCUT2D eigenvalue weighted by Gasteiger charge is 2.19. The van der Waals surface area contributed by atoms with Crippen LogP contribution in [0.25, 0.3) is 0 Å². The van der Waals surface area contributed by atoms with Gasteiger partial charge in [-0.2, -0.15) is 0 Å². The molecule has 1 aromatic rings. The summed E-state index contributed by atoms with van der Waals surface area (Å²) in [5.74, 6) is -0.0917. The van der Waals surface area contributed by atoms with Crippen LogP contribution in [0.3, 0.4) is 0 Å². The van der Waals surface area contributed by atoms with Crippen LogP contribution in [0.5, 0.6) is 0 Å². The van der Waals surface area contributed by atoms with Gasteiger partial charge in [0.25, 0.3) is 0 Å². The van der Waals surface area contributed by atoms with Gasteiger partial charge in [0.2, 0.25) is 0 Å². The van der Waals surface area contributed by atoms with Gasteiger partial charge >= 0.3 is 5.97 Å². The molecule has 15 heavy (non-hydrogen) atoms. The Morgan fingerprint density at radius 1 is 1.33 bits per heavy atom. The SMILES string of the molecule is C[Si](C)(C)CC(=O)OCc1ccncc1. The Morgan fingerprint density at radius 2 is 1.93 bits per heavy atom. The summed E-state index contributed by atoms with van der Waals surface area (Å²) in [4.78, 5) is 15.3. The van der Waals surface area contributed by atoms with Gasteiger partial charge in [-0.05, 0) is 17.7 Å². The van der Waals surface area contributed by atoms with Gasteiger partial charge in [-0.1, -0.05) is 19.6 Å². The Kier molecular flexibility index (Phi) is 4.02. The maximum atomic E-state index is 11.4. The van der Waals surface area contributed by atoms with Gasteiger partial charge in [0, 0.05) is 18.4 Å². The standard InChI is InChI=1S/C11H17NO2Si/c1-15(2,3)9-11(13)14-8-10-4-6-12-7-5-10/h4-7H,8-9H2,1-3H3. The summed E-state index contributed by atoms with van der Waals surface area (Å²) in [6.07, 6.45) is 3.39. The zero-order valence-electron chi connectivity index (χ0n) is 9.49. The molecule has 0 aliphatic heterocycles. The van der Waals surface area contributed by atoms with Gasteiger partial charge in [-0.25, -0.2) is 0 Å². The van der Waals surface area contributed by atoms with E-state index in [1.807, 2.05) is 12.1 Å². The number of esters is 1. The van der Waals surface area contributed by atoms with Crippen LogP contribution in [0.15, 0.2) is 24.5 Å². The van der Waals surface area contributed by atoms with Crippen LogP contribution in [0, 0.1) is 0 Å². The number of aromatic nitrogens is 1. The Morgan fingerprint density at radius 3 is 2.47 bits per heavy atom. The monoisotopic (exact) mass is 223 g/mol. The summed E-state index contributed by atoms with van der Waals surface area (Å²) in [6, 6.07) is 4.28. The lowest BCUT2D eigenvalue weighted by Crippen LogP contribution is -2.25. The maximum absolute atomic E-state index is 11.4. The topological polar surface area (TPSA) is 39.2 Å². The van der Waals surface area contributed by atoms with E-state index >= 15 is 0 Å². The minimum atomic E-state index is -1.35. The Bertz CT molecular complexity index is 319. The van der Waals surface area contributed by atoms with Crippen LogP contribution in [-0.2, 0) is 16.1 Å². The number of hydrogen-bond donors (Lipinski definition) is 0. The van der Waals surface area contributed by atoms with E-state index < -0.39 is 8.07 Å². The van der Waals surface area contributed by atoms with E-state index in [0.717, 1.165) is 5.56 Å². The summed E-state index contributed by atoms with van der Waals surface area (Å²) in [7, 11) is -1.35. The molecule has 0 bridgehead atoms. The third kappa shape index (κ3) is 5.32. The van der Waals surface area contributed by atoms with E-state index in [2.05, 4.69) is 24.6 Å². The van der Waals surface area contributed by atoms with Crippen molar-refractivity contribution in [2.24, 2.45) is 0 Å². The van der Waals surface area contributed by atoms with Crippen molar-refractivity contribution in [3.05, 3.63) is 30.1 Å². The smallest absolute Gasteiger partial charge is 0.303 e. The third-order valence-corrected chi connectivity index (χ3v) is 3.17. The molecule has 0 spiro atoms. The van der Waals surface area contributed by atoms with Crippen LogP contribution in [-0.4, -0.2) is 19.0 Å². The molecule has 1 heterocycles. The van der Waals surface area contributed by atoms with E-state index in [0.29, 0.717) is 12.7 Å². The summed E-state index contributed by atoms with van der Waals surface area (Å²) in [5.41, 5.74) is 0.980. The van der Waals surface area contributed by atoms with Gasteiger partial charge in [0.05, 0.1) is 8.07 Å². The molecule has 1 rings (SSSR count). The maximum Gasteiger partial charge on any atom is 0.303 e. The third-order valence-electron chi connectivity index (χ3n) is 1.82. The lowest BCUT2D eigenvalue weighted by Gasteiger charge is -2.14. The van der Waals surface area contributed by atoms with Crippen molar-refractivity contribution in [1.29, 1.82) is 0 Å². The van der Waals surface area contributed by atoms with E-state index in [1.54, 1.807) is 12.4 Å². The number of carbonyl (C=O) groups is 1. The highest BCUT2D eigenvalue weighted by atomic mass is 28.3. The fourth-order valence-electron chi connectivity index (χ4n) is 1.13. The minimum Gasteiger partial charge on any atom is -0.461 e. The van der Waals surface area contributed by atoms with Gasteiger partial charge in [-0.3, -0.25) is 9.78 Å². The van der Waals surface area contributed by atoms with Crippen molar-refractivity contribution in [3.63, 3.8) is 0 Å². The van der Waals surface area contributed by atoms with E-state index in [1.165, 1.54) is 0 Å². The molecule has 0 N–H and O–H groups in total. The highest BCUT2D eigenvalue weighted by Crippen LogP contribution is 2.10. The first-order chi connectivity index (χ1) is 6.97. The molecule has 0 aromatic carbocycles. The number of rotatable bonds is 4. The molecular formula is C11H17NO2Si. The number of ether oxygens (including phenoxy) is 1. The second-order valence-electron chi connectivity index (χ2n) is 4.75. The van der Waals surface area contributed by atoms with Crippen LogP contribution in [0.1, 0.15) is 5.56 Å². The van der Waals surface area contributed by atoms with Crippen LogP contribution < -0.4 is 0 Å². The van der Waals surface area contributed by atoms with Crippen molar-refractivity contribution >= 4 is 14.0 Å². The van der Waals surface area contributed by atoms with Gasteiger partial charge < -0.3 is 4.74 Å². The minimum absolute atomic E-state index is 0.0917. The zero-order valence-corrected chi connectivity index (χ0v) is 10.5. The van der Waals surface area contributed by atoms with Crippen molar-refractivity contribution in [3.8, 4) is 0 Å². The number of pyridine rings is 1. The molecule has 0 saturated carbocycles. The number of hydrogen-bond acceptors (Lipinski definition) is 3. The van der Waals surface area contributed by atoms with E-state index in [9.17, 15) is 4.79 Å². The average molecular weight is 223 g/mol. The van der Waals surface area contributed by atoms with Gasteiger partial charge in [0.15, 0.2) is 0 Å². The second-order valence-corrected chi connectivity index (χ2v) is 10.2. The Balaban J connectivity index is 2.35. The van der Waals surface area contributed by atoms with Crippen molar-refractivity contribution in [2.75, 3.05) is 0 Å². The van der Waals surface area contributed by atoms with E-state index in [4.69, 9.17) is 4.74 Å². The lowest BCUT2D eigenvalue weighted by atomic mass is 10.3.